The van der Waals surface area contributed by atoms with Crippen molar-refractivity contribution in [1.82, 2.24) is 4.90 Å². The largest absolute Gasteiger partial charge is 0.403 e. The number of amides is 1. The number of hydrogen-bond donors (Lipinski definition) is 0. The highest BCUT2D eigenvalue weighted by molar-refractivity contribution is 5.86. The molecule has 1 fully saturated rings. The fourth-order valence-electron chi connectivity index (χ4n) is 2.00. The van der Waals surface area contributed by atoms with Gasteiger partial charge in [0.05, 0.1) is 0 Å². The van der Waals surface area contributed by atoms with Crippen molar-refractivity contribution in [2.45, 2.75) is 32.4 Å². The number of rotatable bonds is 1. The third kappa shape index (κ3) is 1.72. The maximum absolute atomic E-state index is 12.7. The maximum atomic E-state index is 12.7. The van der Waals surface area contributed by atoms with Gasteiger partial charge in [-0.1, -0.05) is 11.6 Å². The molecule has 1 aliphatic carbocycles. The van der Waals surface area contributed by atoms with E-state index in [1.165, 1.54) is 4.90 Å². The van der Waals surface area contributed by atoms with Crippen molar-refractivity contribution >= 4 is 5.91 Å². The van der Waals surface area contributed by atoms with Gasteiger partial charge in [-0.15, -0.1) is 0 Å². The van der Waals surface area contributed by atoms with Crippen LogP contribution in [0.1, 0.15) is 26.2 Å². The second-order valence-electron chi connectivity index (χ2n) is 4.63. The summed E-state index contributed by atoms with van der Waals surface area (Å²) in [6, 6.07) is 0. The quantitative estimate of drug-likeness (QED) is 0.637. The van der Waals surface area contributed by atoms with Gasteiger partial charge in [-0.25, -0.2) is 0 Å². The minimum absolute atomic E-state index is 0.0471. The molecule has 0 aromatic heterocycles. The van der Waals surface area contributed by atoms with Gasteiger partial charge in [-0.05, 0) is 26.2 Å². The highest BCUT2D eigenvalue weighted by atomic mass is 19.4. The normalized spacial score (nSPS) is 24.0. The molecule has 0 bridgehead atoms. The molecular weight excluding hydrogens is 219 g/mol. The van der Waals surface area contributed by atoms with Crippen molar-refractivity contribution in [2.24, 2.45) is 5.41 Å². The zero-order chi connectivity index (χ0) is 12.0. The van der Waals surface area contributed by atoms with Crippen molar-refractivity contribution < 1.29 is 18.0 Å². The van der Waals surface area contributed by atoms with E-state index < -0.39 is 17.5 Å². The van der Waals surface area contributed by atoms with E-state index in [0.29, 0.717) is 19.5 Å². The van der Waals surface area contributed by atoms with Gasteiger partial charge in [0.1, 0.15) is 5.41 Å². The van der Waals surface area contributed by atoms with Crippen LogP contribution in [0.3, 0.4) is 0 Å². The van der Waals surface area contributed by atoms with Crippen LogP contribution >= 0.6 is 0 Å². The van der Waals surface area contributed by atoms with E-state index in [1.807, 2.05) is 13.0 Å². The molecular formula is C11H14F3NO. The van der Waals surface area contributed by atoms with Crippen LogP contribution in [0.25, 0.3) is 0 Å². The van der Waals surface area contributed by atoms with E-state index in [9.17, 15) is 18.0 Å². The average Bonchev–Trinajstić information content (AvgIpc) is 2.97. The Bertz CT molecular complexity index is 342. The summed E-state index contributed by atoms with van der Waals surface area (Å²) in [5.74, 6) is -0.733. The minimum Gasteiger partial charge on any atom is -0.338 e. The third-order valence-electron chi connectivity index (χ3n) is 3.43. The Morgan fingerprint density at radius 2 is 2.06 bits per heavy atom. The summed E-state index contributed by atoms with van der Waals surface area (Å²) in [7, 11) is 0. The molecule has 2 nitrogen and oxygen atoms in total. The number of halogens is 3. The van der Waals surface area contributed by atoms with E-state index in [4.69, 9.17) is 0 Å². The Labute approximate surface area is 92.1 Å². The molecule has 1 heterocycles. The molecule has 0 unspecified atom stereocenters. The summed E-state index contributed by atoms with van der Waals surface area (Å²) in [4.78, 5) is 13.1. The minimum atomic E-state index is -4.39. The summed E-state index contributed by atoms with van der Waals surface area (Å²) in [6.07, 6.45) is -1.98. The summed E-state index contributed by atoms with van der Waals surface area (Å²) >= 11 is 0. The van der Waals surface area contributed by atoms with Crippen LogP contribution < -0.4 is 0 Å². The maximum Gasteiger partial charge on any atom is 0.403 e. The molecule has 2 rings (SSSR count). The lowest BCUT2D eigenvalue weighted by Gasteiger charge is -2.30. The highest BCUT2D eigenvalue weighted by Gasteiger charge is 2.69. The van der Waals surface area contributed by atoms with Gasteiger partial charge in [0.15, 0.2) is 0 Å². The average molecular weight is 233 g/mol. The van der Waals surface area contributed by atoms with Crippen LogP contribution in [0.4, 0.5) is 13.2 Å². The Balaban J connectivity index is 2.10. The smallest absolute Gasteiger partial charge is 0.338 e. The molecule has 0 atom stereocenters. The second kappa shape index (κ2) is 3.50. The van der Waals surface area contributed by atoms with Crippen LogP contribution in [-0.2, 0) is 4.79 Å². The number of carbonyl (C=O) groups excluding carboxylic acids is 1. The fraction of sp³-hybridized carbons (Fsp3) is 0.727. The number of nitrogens with zero attached hydrogens (tertiary/aromatic N) is 1. The monoisotopic (exact) mass is 233 g/mol. The SMILES string of the molecule is CC1=CCN(C(=O)C2(C(F)(F)F)CC2)CC1. The molecule has 0 spiro atoms. The molecule has 1 aliphatic heterocycles. The van der Waals surface area contributed by atoms with Crippen molar-refractivity contribution in [1.29, 1.82) is 0 Å². The third-order valence-corrected chi connectivity index (χ3v) is 3.43. The van der Waals surface area contributed by atoms with Crippen molar-refractivity contribution in [2.75, 3.05) is 13.1 Å². The highest BCUT2D eigenvalue weighted by Crippen LogP contribution is 2.58. The van der Waals surface area contributed by atoms with Gasteiger partial charge in [0.25, 0.3) is 0 Å². The first kappa shape index (κ1) is 11.5. The first-order valence-corrected chi connectivity index (χ1v) is 5.38. The lowest BCUT2D eigenvalue weighted by Crippen LogP contribution is -2.45. The van der Waals surface area contributed by atoms with Crippen molar-refractivity contribution in [3.63, 3.8) is 0 Å². The Morgan fingerprint density at radius 1 is 1.44 bits per heavy atom. The zero-order valence-corrected chi connectivity index (χ0v) is 9.10. The van der Waals surface area contributed by atoms with Gasteiger partial charge in [-0.2, -0.15) is 13.2 Å². The predicted molar refractivity (Wildman–Crippen MR) is 52.7 cm³/mol. The van der Waals surface area contributed by atoms with E-state index in [0.717, 1.165) is 5.57 Å². The summed E-state index contributed by atoms with van der Waals surface area (Å²) in [5, 5.41) is 0. The Morgan fingerprint density at radius 3 is 2.44 bits per heavy atom. The molecule has 0 N–H and O–H groups in total. The van der Waals surface area contributed by atoms with Gasteiger partial charge in [-0.3, -0.25) is 4.79 Å². The molecule has 0 aromatic carbocycles. The van der Waals surface area contributed by atoms with E-state index >= 15 is 0 Å². The first-order valence-electron chi connectivity index (χ1n) is 5.38. The lowest BCUT2D eigenvalue weighted by molar-refractivity contribution is -0.198. The standard InChI is InChI=1S/C11H14F3NO/c1-8-2-6-15(7-3-8)9(16)10(4-5-10)11(12,13)14/h2H,3-7H2,1H3. The number of hydrogen-bond acceptors (Lipinski definition) is 1. The number of carbonyl (C=O) groups is 1. The van der Waals surface area contributed by atoms with Crippen LogP contribution in [-0.4, -0.2) is 30.1 Å². The molecule has 0 saturated heterocycles. The molecule has 0 aromatic rings. The van der Waals surface area contributed by atoms with E-state index in [2.05, 4.69) is 0 Å². The summed E-state index contributed by atoms with van der Waals surface area (Å²) in [5.41, 5.74) is -0.910. The summed E-state index contributed by atoms with van der Waals surface area (Å²) < 4.78 is 38.1. The van der Waals surface area contributed by atoms with E-state index in [-0.39, 0.29) is 12.8 Å². The summed E-state index contributed by atoms with van der Waals surface area (Å²) in [6.45, 7) is 2.67. The van der Waals surface area contributed by atoms with Crippen LogP contribution in [0.2, 0.25) is 0 Å². The Kier molecular flexibility index (Phi) is 2.51. The molecule has 90 valence electrons. The number of alkyl halides is 3. The van der Waals surface area contributed by atoms with Crippen LogP contribution in [0.5, 0.6) is 0 Å². The molecule has 0 radical (unpaired) electrons. The van der Waals surface area contributed by atoms with E-state index in [1.54, 1.807) is 0 Å². The van der Waals surface area contributed by atoms with Gasteiger partial charge >= 0.3 is 6.18 Å². The van der Waals surface area contributed by atoms with Gasteiger partial charge in [0.2, 0.25) is 5.91 Å². The van der Waals surface area contributed by atoms with Crippen LogP contribution in [0.15, 0.2) is 11.6 Å². The topological polar surface area (TPSA) is 20.3 Å². The lowest BCUT2D eigenvalue weighted by atomic mass is 10.0. The molecule has 16 heavy (non-hydrogen) atoms. The zero-order valence-electron chi connectivity index (χ0n) is 9.10. The predicted octanol–water partition coefficient (Wildman–Crippen LogP) is 2.51. The van der Waals surface area contributed by atoms with Gasteiger partial charge < -0.3 is 4.90 Å². The first-order chi connectivity index (χ1) is 7.37. The van der Waals surface area contributed by atoms with Crippen molar-refractivity contribution in [3.8, 4) is 0 Å². The molecule has 1 saturated carbocycles. The second-order valence-corrected chi connectivity index (χ2v) is 4.63. The fourth-order valence-corrected chi connectivity index (χ4v) is 2.00. The van der Waals surface area contributed by atoms with Gasteiger partial charge in [0, 0.05) is 13.1 Å². The molecule has 1 amide bonds. The van der Waals surface area contributed by atoms with Crippen LogP contribution in [0, 0.1) is 5.41 Å². The molecule has 2 aliphatic rings. The Hall–Kier alpha value is -1.00. The molecule has 5 heteroatoms. The van der Waals surface area contributed by atoms with Crippen molar-refractivity contribution in [3.05, 3.63) is 11.6 Å².